The van der Waals surface area contributed by atoms with Gasteiger partial charge in [0.05, 0.1) is 24.5 Å². The van der Waals surface area contributed by atoms with Gasteiger partial charge in [0.1, 0.15) is 5.82 Å². The van der Waals surface area contributed by atoms with Crippen LogP contribution in [0.5, 0.6) is 0 Å². The quantitative estimate of drug-likeness (QED) is 0.595. The summed E-state index contributed by atoms with van der Waals surface area (Å²) < 4.78 is 39.8. The van der Waals surface area contributed by atoms with Gasteiger partial charge in [-0.2, -0.15) is 0 Å². The van der Waals surface area contributed by atoms with Crippen LogP contribution in [0.4, 0.5) is 10.1 Å². The molecular formula is C25H25FN2O3S. The van der Waals surface area contributed by atoms with Gasteiger partial charge in [0.25, 0.3) is 5.91 Å². The van der Waals surface area contributed by atoms with Crippen molar-refractivity contribution in [2.24, 2.45) is 0 Å². The molecule has 0 aromatic heterocycles. The van der Waals surface area contributed by atoms with Gasteiger partial charge in [-0.3, -0.25) is 9.10 Å². The molecule has 0 aliphatic heterocycles. The maximum Gasteiger partial charge on any atom is 0.251 e. The number of nitrogens with one attached hydrogen (secondary N) is 1. The molecule has 0 saturated carbocycles. The van der Waals surface area contributed by atoms with Gasteiger partial charge in [-0.25, -0.2) is 12.8 Å². The third-order valence-corrected chi connectivity index (χ3v) is 6.86. The van der Waals surface area contributed by atoms with Crippen molar-refractivity contribution in [2.75, 3.05) is 10.6 Å². The van der Waals surface area contributed by atoms with Gasteiger partial charge in [0.15, 0.2) is 0 Å². The van der Waals surface area contributed by atoms with E-state index >= 15 is 0 Å². The Morgan fingerprint density at radius 1 is 1.03 bits per heavy atom. The summed E-state index contributed by atoms with van der Waals surface area (Å²) in [6.45, 7) is -0.0301. The Kier molecular flexibility index (Phi) is 6.28. The molecule has 0 heterocycles. The molecule has 3 aromatic rings. The van der Waals surface area contributed by atoms with Gasteiger partial charge in [-0.1, -0.05) is 48.5 Å². The lowest BCUT2D eigenvalue weighted by atomic mass is 9.87. The Balaban J connectivity index is 1.49. The standard InChI is InChI=1S/C25H25FN2O3S/c1-32(30,31)28(24-12-5-4-10-22(24)26)17-18-13-15-20(16-14-18)25(29)27-23-11-6-8-19-7-2-3-9-21(19)23/h2-5,7,9-10,12-16,23H,6,8,11,17H2,1H3,(H,27,29). The number of hydrogen-bond acceptors (Lipinski definition) is 3. The molecule has 0 saturated heterocycles. The van der Waals surface area contributed by atoms with Crippen molar-refractivity contribution in [2.45, 2.75) is 31.8 Å². The van der Waals surface area contributed by atoms with Gasteiger partial charge in [-0.05, 0) is 60.2 Å². The Hall–Kier alpha value is -3.19. The van der Waals surface area contributed by atoms with Gasteiger partial charge in [-0.15, -0.1) is 0 Å². The molecule has 1 aliphatic carbocycles. The summed E-state index contributed by atoms with van der Waals surface area (Å²) in [5.41, 5.74) is 3.57. The van der Waals surface area contributed by atoms with E-state index in [0.29, 0.717) is 11.1 Å². The summed E-state index contributed by atoms with van der Waals surface area (Å²) >= 11 is 0. The molecule has 1 aliphatic rings. The maximum absolute atomic E-state index is 14.2. The smallest absolute Gasteiger partial charge is 0.251 e. The van der Waals surface area contributed by atoms with E-state index in [4.69, 9.17) is 0 Å². The predicted molar refractivity (Wildman–Crippen MR) is 123 cm³/mol. The van der Waals surface area contributed by atoms with Crippen LogP contribution in [0.3, 0.4) is 0 Å². The second kappa shape index (κ2) is 9.12. The fraction of sp³-hybridized carbons (Fsp3) is 0.240. The Labute approximate surface area is 187 Å². The highest BCUT2D eigenvalue weighted by Crippen LogP contribution is 2.30. The monoisotopic (exact) mass is 452 g/mol. The zero-order valence-corrected chi connectivity index (χ0v) is 18.6. The second-order valence-electron chi connectivity index (χ2n) is 8.04. The van der Waals surface area contributed by atoms with Crippen LogP contribution < -0.4 is 9.62 Å². The Morgan fingerprint density at radius 2 is 1.72 bits per heavy atom. The number of nitrogens with zero attached hydrogens (tertiary/aromatic N) is 1. The average Bonchev–Trinajstić information content (AvgIpc) is 2.78. The normalized spacial score (nSPS) is 15.6. The largest absolute Gasteiger partial charge is 0.345 e. The lowest BCUT2D eigenvalue weighted by Gasteiger charge is -2.26. The highest BCUT2D eigenvalue weighted by atomic mass is 32.2. The first-order valence-corrected chi connectivity index (χ1v) is 12.4. The number of benzene rings is 3. The summed E-state index contributed by atoms with van der Waals surface area (Å²) in [7, 11) is -3.70. The van der Waals surface area contributed by atoms with Gasteiger partial charge >= 0.3 is 0 Å². The first-order chi connectivity index (χ1) is 15.3. The molecule has 1 atom stereocenters. The van der Waals surface area contributed by atoms with Gasteiger partial charge in [0, 0.05) is 5.56 Å². The van der Waals surface area contributed by atoms with E-state index in [2.05, 4.69) is 17.4 Å². The van der Waals surface area contributed by atoms with Crippen molar-refractivity contribution in [3.8, 4) is 0 Å². The van der Waals surface area contributed by atoms with Gasteiger partial charge in [0.2, 0.25) is 10.0 Å². The molecular weight excluding hydrogens is 427 g/mol. The lowest BCUT2D eigenvalue weighted by Crippen LogP contribution is -2.31. The number of carbonyl (C=O) groups excluding carboxylic acids is 1. The number of carbonyl (C=O) groups is 1. The lowest BCUT2D eigenvalue weighted by molar-refractivity contribution is 0.0932. The van der Waals surface area contributed by atoms with Crippen LogP contribution in [0.2, 0.25) is 0 Å². The number of hydrogen-bond donors (Lipinski definition) is 1. The number of halogens is 1. The molecule has 7 heteroatoms. The summed E-state index contributed by atoms with van der Waals surface area (Å²) in [5, 5.41) is 3.11. The van der Waals surface area contributed by atoms with Crippen LogP contribution >= 0.6 is 0 Å². The third kappa shape index (κ3) is 4.83. The van der Waals surface area contributed by atoms with Crippen LogP contribution in [0.25, 0.3) is 0 Å². The first kappa shape index (κ1) is 22.0. The fourth-order valence-corrected chi connectivity index (χ4v) is 5.00. The molecule has 1 unspecified atom stereocenters. The number of sulfonamides is 1. The van der Waals surface area contributed by atoms with Crippen molar-refractivity contribution in [1.82, 2.24) is 5.32 Å². The minimum absolute atomic E-state index is 0.00668. The van der Waals surface area contributed by atoms with Crippen LogP contribution in [0.1, 0.15) is 45.9 Å². The molecule has 32 heavy (non-hydrogen) atoms. The van der Waals surface area contributed by atoms with Crippen molar-refractivity contribution in [1.29, 1.82) is 0 Å². The predicted octanol–water partition coefficient (Wildman–Crippen LogP) is 4.60. The van der Waals surface area contributed by atoms with Crippen molar-refractivity contribution < 1.29 is 17.6 Å². The number of rotatable bonds is 6. The van der Waals surface area contributed by atoms with Crippen LogP contribution in [0, 0.1) is 5.82 Å². The number of anilines is 1. The summed E-state index contributed by atoms with van der Waals surface area (Å²) in [6, 6.07) is 20.6. The second-order valence-corrected chi connectivity index (χ2v) is 9.94. The molecule has 0 fully saturated rings. The van der Waals surface area contributed by atoms with E-state index in [-0.39, 0.29) is 24.2 Å². The summed E-state index contributed by atoms with van der Waals surface area (Å²) in [4.78, 5) is 12.8. The SMILES string of the molecule is CS(=O)(=O)N(Cc1ccc(C(=O)NC2CCCc3ccccc32)cc1)c1ccccc1F. The van der Waals surface area contributed by atoms with Crippen LogP contribution in [-0.4, -0.2) is 20.6 Å². The number of para-hydroxylation sites is 1. The summed E-state index contributed by atoms with van der Waals surface area (Å²) in [6.07, 6.45) is 3.99. The van der Waals surface area contributed by atoms with Gasteiger partial charge < -0.3 is 5.32 Å². The fourth-order valence-electron chi connectivity index (χ4n) is 4.11. The maximum atomic E-state index is 14.2. The molecule has 4 rings (SSSR count). The molecule has 0 radical (unpaired) electrons. The van der Waals surface area contributed by atoms with Crippen molar-refractivity contribution in [3.05, 3.63) is 101 Å². The third-order valence-electron chi connectivity index (χ3n) is 5.74. The minimum atomic E-state index is -3.70. The minimum Gasteiger partial charge on any atom is -0.345 e. The van der Waals surface area contributed by atoms with Crippen LogP contribution in [0.15, 0.2) is 72.8 Å². The van der Waals surface area contributed by atoms with E-state index in [1.165, 1.54) is 23.8 Å². The topological polar surface area (TPSA) is 66.5 Å². The molecule has 166 valence electrons. The van der Waals surface area contributed by atoms with E-state index in [9.17, 15) is 17.6 Å². The highest BCUT2D eigenvalue weighted by molar-refractivity contribution is 7.92. The molecule has 0 bridgehead atoms. The van der Waals surface area contributed by atoms with Crippen molar-refractivity contribution in [3.63, 3.8) is 0 Å². The van der Waals surface area contributed by atoms with Crippen molar-refractivity contribution >= 4 is 21.6 Å². The zero-order valence-electron chi connectivity index (χ0n) is 17.8. The molecule has 1 N–H and O–H groups in total. The summed E-state index contributed by atoms with van der Waals surface area (Å²) in [5.74, 6) is -0.783. The van der Waals surface area contributed by atoms with E-state index in [1.807, 2.05) is 12.1 Å². The Bertz CT molecular complexity index is 1230. The molecule has 5 nitrogen and oxygen atoms in total. The first-order valence-electron chi connectivity index (χ1n) is 10.5. The van der Waals surface area contributed by atoms with E-state index in [1.54, 1.807) is 30.3 Å². The van der Waals surface area contributed by atoms with Crippen LogP contribution in [-0.2, 0) is 23.0 Å². The molecule has 3 aromatic carbocycles. The number of fused-ring (bicyclic) bond motifs is 1. The molecule has 1 amide bonds. The zero-order chi connectivity index (χ0) is 22.7. The highest BCUT2D eigenvalue weighted by Gasteiger charge is 2.23. The number of aryl methyl sites for hydroxylation is 1. The average molecular weight is 453 g/mol. The number of amides is 1. The molecule has 0 spiro atoms. The van der Waals surface area contributed by atoms with E-state index in [0.717, 1.165) is 35.4 Å². The Morgan fingerprint density at radius 3 is 2.44 bits per heavy atom. The van der Waals surface area contributed by atoms with E-state index < -0.39 is 15.8 Å².